The lowest BCUT2D eigenvalue weighted by Crippen LogP contribution is -2.26. The van der Waals surface area contributed by atoms with Crippen LogP contribution in [0.15, 0.2) is 71.6 Å². The number of rotatable bonds is 9. The zero-order chi connectivity index (χ0) is 24.7. The highest BCUT2D eigenvalue weighted by Gasteiger charge is 2.18. The highest BCUT2D eigenvalue weighted by Crippen LogP contribution is 2.31. The molecule has 3 N–H and O–H groups in total. The maximum absolute atomic E-state index is 12.8. The summed E-state index contributed by atoms with van der Waals surface area (Å²) >= 11 is 6.18. The first-order valence-corrected chi connectivity index (χ1v) is 12.2. The monoisotopic (exact) mass is 501 g/mol. The van der Waals surface area contributed by atoms with Crippen molar-refractivity contribution >= 4 is 44.8 Å². The summed E-state index contributed by atoms with van der Waals surface area (Å²) in [6.45, 7) is 1.60. The SMILES string of the molecule is COc1cc(NC(C)=O)c(Cl)cc1C(=O)Nc1ccc(S(=O)(=O)NCCc2ccccc2)cc1. The number of carbonyl (C=O) groups excluding carboxylic acids is 2. The van der Waals surface area contributed by atoms with Crippen LogP contribution < -0.4 is 20.1 Å². The van der Waals surface area contributed by atoms with E-state index in [2.05, 4.69) is 15.4 Å². The molecule has 0 unspecified atom stereocenters. The van der Waals surface area contributed by atoms with Gasteiger partial charge in [-0.25, -0.2) is 13.1 Å². The van der Waals surface area contributed by atoms with Crippen molar-refractivity contribution in [1.29, 1.82) is 0 Å². The predicted octanol–water partition coefficient (Wildman–Crippen LogP) is 4.08. The number of benzene rings is 3. The van der Waals surface area contributed by atoms with Crippen LogP contribution in [0.2, 0.25) is 5.02 Å². The molecule has 0 atom stereocenters. The molecule has 0 aliphatic heterocycles. The summed E-state index contributed by atoms with van der Waals surface area (Å²) in [7, 11) is -2.30. The van der Waals surface area contributed by atoms with E-state index >= 15 is 0 Å². The van der Waals surface area contributed by atoms with Gasteiger partial charge in [0.05, 0.1) is 28.3 Å². The Hall–Kier alpha value is -3.40. The quantitative estimate of drug-likeness (QED) is 0.409. The first-order chi connectivity index (χ1) is 16.2. The van der Waals surface area contributed by atoms with Gasteiger partial charge in [-0.05, 0) is 42.3 Å². The van der Waals surface area contributed by atoms with Crippen molar-refractivity contribution in [2.45, 2.75) is 18.2 Å². The Morgan fingerprint density at radius 2 is 1.65 bits per heavy atom. The minimum Gasteiger partial charge on any atom is -0.496 e. The molecular weight excluding hydrogens is 478 g/mol. The standard InChI is InChI=1S/C24H24ClN3O5S/c1-16(29)27-22-15-23(33-2)20(14-21(22)25)24(30)28-18-8-10-19(11-9-18)34(31,32)26-13-12-17-6-4-3-5-7-17/h3-11,14-15,26H,12-13H2,1-2H3,(H,27,29)(H,28,30). The van der Waals surface area contributed by atoms with E-state index in [-0.39, 0.29) is 33.7 Å². The number of hydrogen-bond donors (Lipinski definition) is 3. The molecule has 2 amide bonds. The summed E-state index contributed by atoms with van der Waals surface area (Å²) in [4.78, 5) is 24.2. The van der Waals surface area contributed by atoms with Crippen LogP contribution in [0.3, 0.4) is 0 Å². The van der Waals surface area contributed by atoms with Gasteiger partial charge in [0.25, 0.3) is 5.91 Å². The van der Waals surface area contributed by atoms with Gasteiger partial charge in [-0.3, -0.25) is 9.59 Å². The highest BCUT2D eigenvalue weighted by molar-refractivity contribution is 7.89. The van der Waals surface area contributed by atoms with Crippen LogP contribution in [0.5, 0.6) is 5.75 Å². The topological polar surface area (TPSA) is 114 Å². The second kappa shape index (κ2) is 11.1. The van der Waals surface area contributed by atoms with E-state index in [9.17, 15) is 18.0 Å². The van der Waals surface area contributed by atoms with Gasteiger partial charge in [0.2, 0.25) is 15.9 Å². The maximum Gasteiger partial charge on any atom is 0.259 e. The fourth-order valence-electron chi connectivity index (χ4n) is 3.16. The van der Waals surface area contributed by atoms with E-state index in [1.165, 1.54) is 50.4 Å². The second-order valence-corrected chi connectivity index (χ2v) is 9.50. The number of anilines is 2. The molecule has 0 bridgehead atoms. The Labute approximate surface area is 203 Å². The van der Waals surface area contributed by atoms with Gasteiger partial charge in [0, 0.05) is 25.2 Å². The molecule has 0 aliphatic rings. The molecule has 0 radical (unpaired) electrons. The smallest absolute Gasteiger partial charge is 0.259 e. The third-order valence-corrected chi connectivity index (χ3v) is 6.61. The van der Waals surface area contributed by atoms with Gasteiger partial charge in [-0.2, -0.15) is 0 Å². The Morgan fingerprint density at radius 1 is 0.971 bits per heavy atom. The number of hydrogen-bond acceptors (Lipinski definition) is 5. The summed E-state index contributed by atoms with van der Waals surface area (Å²) in [5, 5.41) is 5.42. The van der Waals surface area contributed by atoms with Crippen LogP contribution in [0.4, 0.5) is 11.4 Å². The van der Waals surface area contributed by atoms with Crippen LogP contribution in [0.1, 0.15) is 22.8 Å². The zero-order valence-electron chi connectivity index (χ0n) is 18.6. The average molecular weight is 502 g/mol. The van der Waals surface area contributed by atoms with Crippen molar-refractivity contribution < 1.29 is 22.7 Å². The van der Waals surface area contributed by atoms with E-state index < -0.39 is 15.9 Å². The Bertz CT molecular complexity index is 1280. The van der Waals surface area contributed by atoms with Crippen LogP contribution >= 0.6 is 11.6 Å². The van der Waals surface area contributed by atoms with Gasteiger partial charge >= 0.3 is 0 Å². The number of methoxy groups -OCH3 is 1. The summed E-state index contributed by atoms with van der Waals surface area (Å²) < 4.78 is 32.9. The summed E-state index contributed by atoms with van der Waals surface area (Å²) in [5.41, 5.74) is 1.89. The van der Waals surface area contributed by atoms with Crippen LogP contribution in [0.25, 0.3) is 0 Å². The van der Waals surface area contributed by atoms with Crippen molar-refractivity contribution in [3.8, 4) is 5.75 Å². The van der Waals surface area contributed by atoms with Crippen molar-refractivity contribution in [3.05, 3.63) is 82.9 Å². The van der Waals surface area contributed by atoms with Crippen molar-refractivity contribution in [3.63, 3.8) is 0 Å². The Balaban J connectivity index is 1.67. The molecule has 0 saturated carbocycles. The molecule has 0 fully saturated rings. The van der Waals surface area contributed by atoms with E-state index in [4.69, 9.17) is 16.3 Å². The summed E-state index contributed by atoms with van der Waals surface area (Å²) in [6.07, 6.45) is 0.569. The maximum atomic E-state index is 12.8. The number of ether oxygens (including phenoxy) is 1. The third-order valence-electron chi connectivity index (χ3n) is 4.82. The second-order valence-electron chi connectivity index (χ2n) is 7.33. The molecule has 0 saturated heterocycles. The first kappa shape index (κ1) is 25.2. The number of carbonyl (C=O) groups is 2. The molecule has 0 spiro atoms. The lowest BCUT2D eigenvalue weighted by molar-refractivity contribution is -0.114. The van der Waals surface area contributed by atoms with Crippen LogP contribution in [0, 0.1) is 0 Å². The van der Waals surface area contributed by atoms with Gasteiger partial charge in [-0.15, -0.1) is 0 Å². The fraction of sp³-hybridized carbons (Fsp3) is 0.167. The minimum atomic E-state index is -3.69. The normalized spacial score (nSPS) is 11.0. The first-order valence-electron chi connectivity index (χ1n) is 10.3. The number of halogens is 1. The molecule has 8 nitrogen and oxygen atoms in total. The third kappa shape index (κ3) is 6.57. The molecule has 0 aliphatic carbocycles. The zero-order valence-corrected chi connectivity index (χ0v) is 20.2. The highest BCUT2D eigenvalue weighted by atomic mass is 35.5. The molecule has 34 heavy (non-hydrogen) atoms. The predicted molar refractivity (Wildman–Crippen MR) is 132 cm³/mol. The largest absolute Gasteiger partial charge is 0.496 e. The molecule has 10 heteroatoms. The number of sulfonamides is 1. The van der Waals surface area contributed by atoms with Gasteiger partial charge in [0.1, 0.15) is 5.75 Å². The van der Waals surface area contributed by atoms with E-state index in [0.29, 0.717) is 17.8 Å². The van der Waals surface area contributed by atoms with Crippen molar-refractivity contribution in [2.75, 3.05) is 24.3 Å². The lowest BCUT2D eigenvalue weighted by Gasteiger charge is -2.13. The molecule has 0 heterocycles. The minimum absolute atomic E-state index is 0.0823. The molecule has 178 valence electrons. The van der Waals surface area contributed by atoms with Crippen molar-refractivity contribution in [1.82, 2.24) is 4.72 Å². The lowest BCUT2D eigenvalue weighted by atomic mass is 10.1. The van der Waals surface area contributed by atoms with Crippen LogP contribution in [-0.2, 0) is 21.2 Å². The van der Waals surface area contributed by atoms with Crippen molar-refractivity contribution in [2.24, 2.45) is 0 Å². The Morgan fingerprint density at radius 3 is 2.26 bits per heavy atom. The van der Waals surface area contributed by atoms with Gasteiger partial charge < -0.3 is 15.4 Å². The van der Waals surface area contributed by atoms with E-state index in [1.807, 2.05) is 30.3 Å². The van der Waals surface area contributed by atoms with Gasteiger partial charge in [0.15, 0.2) is 0 Å². The molecule has 3 aromatic rings. The average Bonchev–Trinajstić information content (AvgIpc) is 2.80. The molecule has 0 aromatic heterocycles. The van der Waals surface area contributed by atoms with Gasteiger partial charge in [-0.1, -0.05) is 41.9 Å². The summed E-state index contributed by atoms with van der Waals surface area (Å²) in [6, 6.07) is 18.2. The van der Waals surface area contributed by atoms with E-state index in [0.717, 1.165) is 5.56 Å². The Kier molecular flexibility index (Phi) is 8.27. The fourth-order valence-corrected chi connectivity index (χ4v) is 4.40. The molecule has 3 aromatic carbocycles. The number of nitrogens with one attached hydrogen (secondary N) is 3. The van der Waals surface area contributed by atoms with E-state index in [1.54, 1.807) is 0 Å². The summed E-state index contributed by atoms with van der Waals surface area (Å²) in [5.74, 6) is -0.608. The molecular formula is C24H24ClN3O5S. The molecule has 3 rings (SSSR count). The number of amides is 2. The van der Waals surface area contributed by atoms with Crippen LogP contribution in [-0.4, -0.2) is 33.9 Å².